The van der Waals surface area contributed by atoms with Crippen molar-refractivity contribution in [3.8, 4) is 21.7 Å². The molecule has 6 nitrogen and oxygen atoms in total. The van der Waals surface area contributed by atoms with E-state index in [1.165, 1.54) is 23.6 Å². The molecule has 1 unspecified atom stereocenters. The SMILES string of the molecule is C/C=C\NCCNc1ncc(F)c(-c2cc3cccc(-c4cc(F)ccc4C4CCCN4)c3s2)n1.C=N.CC. The second-order valence-corrected chi connectivity index (χ2v) is 9.54. The van der Waals surface area contributed by atoms with Gasteiger partial charge in [0.1, 0.15) is 11.5 Å². The zero-order valence-corrected chi connectivity index (χ0v) is 23.5. The van der Waals surface area contributed by atoms with Gasteiger partial charge in [-0.1, -0.05) is 44.2 Å². The van der Waals surface area contributed by atoms with Crippen molar-refractivity contribution in [3.63, 3.8) is 0 Å². The van der Waals surface area contributed by atoms with Gasteiger partial charge in [-0.05, 0) is 79.5 Å². The number of fused-ring (bicyclic) bond motifs is 1. The fraction of sp³-hybridized carbons (Fsp3) is 0.300. The minimum absolute atomic E-state index is 0.204. The number of nitrogens with one attached hydrogen (secondary N) is 4. The molecular weight excluding hydrogens is 514 g/mol. The van der Waals surface area contributed by atoms with E-state index in [9.17, 15) is 8.78 Å². The number of nitrogens with zero attached hydrogens (tertiary/aromatic N) is 2. The molecule has 0 amide bonds. The summed E-state index contributed by atoms with van der Waals surface area (Å²) >= 11 is 1.46. The van der Waals surface area contributed by atoms with Crippen LogP contribution in [0.5, 0.6) is 0 Å². The summed E-state index contributed by atoms with van der Waals surface area (Å²) in [6, 6.07) is 13.1. The number of hydrogen-bond acceptors (Lipinski definition) is 7. The van der Waals surface area contributed by atoms with Crippen LogP contribution in [0.25, 0.3) is 31.8 Å². The summed E-state index contributed by atoms with van der Waals surface area (Å²) in [5, 5.41) is 16.3. The lowest BCUT2D eigenvalue weighted by Gasteiger charge is -2.17. The molecule has 1 saturated heterocycles. The molecule has 2 aromatic carbocycles. The molecule has 0 aliphatic carbocycles. The summed E-state index contributed by atoms with van der Waals surface area (Å²) in [5.41, 5.74) is 3.18. The highest BCUT2D eigenvalue weighted by Crippen LogP contribution is 2.42. The molecule has 1 atom stereocenters. The molecule has 1 aliphatic heterocycles. The van der Waals surface area contributed by atoms with Crippen LogP contribution in [0.2, 0.25) is 0 Å². The minimum atomic E-state index is -0.475. The van der Waals surface area contributed by atoms with Crippen molar-refractivity contribution in [2.24, 2.45) is 0 Å². The van der Waals surface area contributed by atoms with Gasteiger partial charge in [-0.15, -0.1) is 11.3 Å². The zero-order chi connectivity index (χ0) is 28.2. The highest BCUT2D eigenvalue weighted by atomic mass is 32.1. The lowest BCUT2D eigenvalue weighted by atomic mass is 9.93. The Labute approximate surface area is 233 Å². The summed E-state index contributed by atoms with van der Waals surface area (Å²) in [5.74, 6) is -0.365. The number of hydrogen-bond donors (Lipinski definition) is 4. The van der Waals surface area contributed by atoms with E-state index in [4.69, 9.17) is 5.41 Å². The second kappa shape index (κ2) is 15.0. The minimum Gasteiger partial charge on any atom is -0.389 e. The smallest absolute Gasteiger partial charge is 0.223 e. The number of allylic oxidation sites excluding steroid dienone is 1. The molecule has 4 aromatic rings. The van der Waals surface area contributed by atoms with Gasteiger partial charge < -0.3 is 21.4 Å². The third-order valence-corrected chi connectivity index (χ3v) is 7.29. The molecule has 5 rings (SSSR count). The third kappa shape index (κ3) is 7.25. The Morgan fingerprint density at radius 1 is 1.13 bits per heavy atom. The van der Waals surface area contributed by atoms with Crippen LogP contribution in [0.4, 0.5) is 14.7 Å². The number of benzene rings is 2. The molecule has 1 aliphatic rings. The number of halogens is 2. The van der Waals surface area contributed by atoms with E-state index < -0.39 is 5.82 Å². The van der Waals surface area contributed by atoms with Crippen molar-refractivity contribution in [2.45, 2.75) is 39.7 Å². The molecule has 0 bridgehead atoms. The van der Waals surface area contributed by atoms with Gasteiger partial charge in [0.15, 0.2) is 5.82 Å². The first kappa shape index (κ1) is 29.9. The average Bonchev–Trinajstić information content (AvgIpc) is 3.66. The maximum absolute atomic E-state index is 14.8. The van der Waals surface area contributed by atoms with E-state index in [-0.39, 0.29) is 17.6 Å². The Balaban J connectivity index is 0.00000100. The van der Waals surface area contributed by atoms with Gasteiger partial charge in [0.2, 0.25) is 5.95 Å². The predicted molar refractivity (Wildman–Crippen MR) is 161 cm³/mol. The molecule has 206 valence electrons. The highest BCUT2D eigenvalue weighted by molar-refractivity contribution is 7.22. The highest BCUT2D eigenvalue weighted by Gasteiger charge is 2.22. The number of aromatic nitrogens is 2. The predicted octanol–water partition coefficient (Wildman–Crippen LogP) is 7.56. The second-order valence-electron chi connectivity index (χ2n) is 8.49. The third-order valence-electron chi connectivity index (χ3n) is 6.10. The van der Waals surface area contributed by atoms with E-state index in [1.807, 2.05) is 63.4 Å². The van der Waals surface area contributed by atoms with Crippen LogP contribution >= 0.6 is 11.3 Å². The Morgan fingerprint density at radius 3 is 2.69 bits per heavy atom. The maximum Gasteiger partial charge on any atom is 0.223 e. The normalized spacial score (nSPS) is 14.4. The van der Waals surface area contributed by atoms with Crippen molar-refractivity contribution in [1.29, 1.82) is 5.41 Å². The fourth-order valence-corrected chi connectivity index (χ4v) is 5.66. The van der Waals surface area contributed by atoms with E-state index in [1.54, 1.807) is 6.07 Å². The fourth-order valence-electron chi connectivity index (χ4n) is 4.48. The maximum atomic E-state index is 14.8. The van der Waals surface area contributed by atoms with E-state index in [0.717, 1.165) is 46.2 Å². The van der Waals surface area contributed by atoms with E-state index in [0.29, 0.717) is 23.9 Å². The summed E-state index contributed by atoms with van der Waals surface area (Å²) in [6.07, 6.45) is 7.10. The lowest BCUT2D eigenvalue weighted by molar-refractivity contribution is 0.618. The number of rotatable bonds is 8. The van der Waals surface area contributed by atoms with Crippen LogP contribution in [0, 0.1) is 17.0 Å². The monoisotopic (exact) mass is 550 g/mol. The molecular formula is C30H36F2N6S. The summed E-state index contributed by atoms with van der Waals surface area (Å²) in [7, 11) is 0. The molecule has 3 heterocycles. The topological polar surface area (TPSA) is 85.7 Å². The van der Waals surface area contributed by atoms with E-state index in [2.05, 4.69) is 32.6 Å². The number of thiophene rings is 1. The van der Waals surface area contributed by atoms with Crippen molar-refractivity contribution in [3.05, 3.63) is 78.1 Å². The van der Waals surface area contributed by atoms with Crippen LogP contribution in [0.3, 0.4) is 0 Å². The van der Waals surface area contributed by atoms with Gasteiger partial charge in [0, 0.05) is 23.8 Å². The van der Waals surface area contributed by atoms with Crippen LogP contribution < -0.4 is 16.0 Å². The lowest BCUT2D eigenvalue weighted by Crippen LogP contribution is -2.18. The summed E-state index contributed by atoms with van der Waals surface area (Å²) in [6.45, 7) is 10.7. The van der Waals surface area contributed by atoms with Crippen molar-refractivity contribution in [2.75, 3.05) is 25.0 Å². The van der Waals surface area contributed by atoms with Crippen molar-refractivity contribution < 1.29 is 8.78 Å². The first-order chi connectivity index (χ1) is 19.1. The average molecular weight is 551 g/mol. The van der Waals surface area contributed by atoms with Crippen molar-refractivity contribution in [1.82, 2.24) is 20.6 Å². The Morgan fingerprint density at radius 2 is 1.95 bits per heavy atom. The first-order valence-corrected chi connectivity index (χ1v) is 14.0. The first-order valence-electron chi connectivity index (χ1n) is 13.2. The Hall–Kier alpha value is -3.69. The van der Waals surface area contributed by atoms with E-state index >= 15 is 0 Å². The molecule has 0 radical (unpaired) electrons. The molecule has 0 spiro atoms. The number of anilines is 1. The molecule has 39 heavy (non-hydrogen) atoms. The van der Waals surface area contributed by atoms with Gasteiger partial charge in [-0.2, -0.15) is 0 Å². The van der Waals surface area contributed by atoms with Gasteiger partial charge in [0.05, 0.1) is 11.1 Å². The van der Waals surface area contributed by atoms with Crippen LogP contribution in [-0.4, -0.2) is 36.3 Å². The molecule has 0 saturated carbocycles. The van der Waals surface area contributed by atoms with Crippen LogP contribution in [-0.2, 0) is 0 Å². The Kier molecular flexibility index (Phi) is 11.5. The van der Waals surface area contributed by atoms with Gasteiger partial charge in [-0.25, -0.2) is 18.7 Å². The van der Waals surface area contributed by atoms with Crippen LogP contribution in [0.15, 0.2) is 60.9 Å². The Bertz CT molecular complexity index is 1380. The molecule has 2 aromatic heterocycles. The van der Waals surface area contributed by atoms with Gasteiger partial charge in [0.25, 0.3) is 0 Å². The largest absolute Gasteiger partial charge is 0.389 e. The van der Waals surface area contributed by atoms with Crippen molar-refractivity contribution >= 4 is 34.1 Å². The molecule has 1 fully saturated rings. The van der Waals surface area contributed by atoms with Crippen LogP contribution in [0.1, 0.15) is 45.2 Å². The quantitative estimate of drug-likeness (QED) is 0.134. The van der Waals surface area contributed by atoms with Gasteiger partial charge >= 0.3 is 0 Å². The van der Waals surface area contributed by atoms with Gasteiger partial charge in [-0.3, -0.25) is 0 Å². The molecule has 4 N–H and O–H groups in total. The molecule has 9 heteroatoms. The zero-order valence-electron chi connectivity index (χ0n) is 22.7. The standard InChI is InChI=1S/C27H27F2N5S.C2H6.CH3N/c1-2-10-30-12-13-32-27-33-16-22(29)25(34-27)24-14-17-5-3-6-20(26(17)35-24)21-15-18(28)8-9-19(21)23-7-4-11-31-23;2*1-2/h2-3,5-6,8-10,14-16,23,30-31H,4,7,11-13H2,1H3,(H,32,33,34);1-2H3;2H,1H2/b10-2-;;. The summed E-state index contributed by atoms with van der Waals surface area (Å²) in [4.78, 5) is 9.24. The summed E-state index contributed by atoms with van der Waals surface area (Å²) < 4.78 is 30.1.